The van der Waals surface area contributed by atoms with Crippen molar-refractivity contribution in [1.82, 2.24) is 4.90 Å². The number of hydrogen-bond acceptors (Lipinski definition) is 2. The second-order valence-corrected chi connectivity index (χ2v) is 4.33. The lowest BCUT2D eigenvalue weighted by molar-refractivity contribution is 0.119. The molecule has 0 bridgehead atoms. The van der Waals surface area contributed by atoms with Gasteiger partial charge in [0.15, 0.2) is 0 Å². The van der Waals surface area contributed by atoms with Gasteiger partial charge in [-0.3, -0.25) is 4.90 Å². The van der Waals surface area contributed by atoms with Crippen LogP contribution in [0.25, 0.3) is 0 Å². The third kappa shape index (κ3) is 4.65. The maximum absolute atomic E-state index is 9.49. The first-order chi connectivity index (χ1) is 7.11. The highest BCUT2D eigenvalue weighted by Crippen LogP contribution is 2.12. The molecule has 0 amide bonds. The van der Waals surface area contributed by atoms with Crippen molar-refractivity contribution >= 4 is 11.6 Å². The van der Waals surface area contributed by atoms with Gasteiger partial charge in [-0.25, -0.2) is 0 Å². The minimum atomic E-state index is -0.241. The van der Waals surface area contributed by atoms with E-state index in [-0.39, 0.29) is 6.10 Å². The molecule has 1 rings (SSSR count). The molecular formula is C12H18ClNO. The molecule has 0 fully saturated rings. The molecule has 0 heterocycles. The standard InChI is InChI=1S/C12H18ClNO/c1-3-12(15)9-14(2)8-10-5-4-6-11(13)7-10/h4-7,12,15H,3,8-9H2,1-2H3/t12-/m1/s1. The van der Waals surface area contributed by atoms with E-state index in [0.29, 0.717) is 6.54 Å². The summed E-state index contributed by atoms with van der Waals surface area (Å²) in [4.78, 5) is 2.10. The van der Waals surface area contributed by atoms with E-state index in [1.807, 2.05) is 38.2 Å². The Balaban J connectivity index is 2.47. The Morgan fingerprint density at radius 1 is 1.47 bits per heavy atom. The fourth-order valence-corrected chi connectivity index (χ4v) is 1.71. The first kappa shape index (κ1) is 12.5. The highest BCUT2D eigenvalue weighted by Gasteiger charge is 2.06. The van der Waals surface area contributed by atoms with Crippen LogP contribution in [0.3, 0.4) is 0 Å². The zero-order valence-corrected chi connectivity index (χ0v) is 10.0. The Morgan fingerprint density at radius 3 is 2.80 bits per heavy atom. The number of halogens is 1. The van der Waals surface area contributed by atoms with Crippen molar-refractivity contribution in [2.24, 2.45) is 0 Å². The predicted molar refractivity (Wildman–Crippen MR) is 64.1 cm³/mol. The number of benzene rings is 1. The zero-order chi connectivity index (χ0) is 11.3. The molecular weight excluding hydrogens is 210 g/mol. The van der Waals surface area contributed by atoms with Crippen LogP contribution in [0.2, 0.25) is 5.02 Å². The molecule has 1 aromatic rings. The minimum absolute atomic E-state index is 0.241. The van der Waals surface area contributed by atoms with Crippen LogP contribution in [0.1, 0.15) is 18.9 Å². The van der Waals surface area contributed by atoms with Gasteiger partial charge < -0.3 is 5.11 Å². The van der Waals surface area contributed by atoms with E-state index < -0.39 is 0 Å². The third-order valence-corrected chi connectivity index (χ3v) is 2.57. The van der Waals surface area contributed by atoms with Gasteiger partial charge >= 0.3 is 0 Å². The molecule has 0 unspecified atom stereocenters. The van der Waals surface area contributed by atoms with Gasteiger partial charge in [0.05, 0.1) is 6.10 Å². The Labute approximate surface area is 96.5 Å². The van der Waals surface area contributed by atoms with Crippen molar-refractivity contribution in [3.8, 4) is 0 Å². The van der Waals surface area contributed by atoms with Gasteiger partial charge in [-0.05, 0) is 31.2 Å². The van der Waals surface area contributed by atoms with Gasteiger partial charge in [-0.15, -0.1) is 0 Å². The van der Waals surface area contributed by atoms with Crippen molar-refractivity contribution in [2.45, 2.75) is 26.0 Å². The molecule has 1 aromatic carbocycles. The molecule has 0 spiro atoms. The molecule has 3 heteroatoms. The molecule has 0 saturated heterocycles. The third-order valence-electron chi connectivity index (χ3n) is 2.34. The average Bonchev–Trinajstić information content (AvgIpc) is 2.17. The zero-order valence-electron chi connectivity index (χ0n) is 9.28. The maximum atomic E-state index is 9.49. The normalized spacial score (nSPS) is 13.1. The van der Waals surface area contributed by atoms with Crippen molar-refractivity contribution < 1.29 is 5.11 Å². The second-order valence-electron chi connectivity index (χ2n) is 3.89. The maximum Gasteiger partial charge on any atom is 0.0664 e. The summed E-state index contributed by atoms with van der Waals surface area (Å²) < 4.78 is 0. The molecule has 1 N–H and O–H groups in total. The lowest BCUT2D eigenvalue weighted by atomic mass is 10.2. The molecule has 0 aliphatic rings. The average molecular weight is 228 g/mol. The summed E-state index contributed by atoms with van der Waals surface area (Å²) in [6, 6.07) is 7.81. The Hall–Kier alpha value is -0.570. The molecule has 0 aliphatic carbocycles. The van der Waals surface area contributed by atoms with Crippen LogP contribution in [0.5, 0.6) is 0 Å². The molecule has 2 nitrogen and oxygen atoms in total. The van der Waals surface area contributed by atoms with Gasteiger partial charge in [-0.1, -0.05) is 30.7 Å². The lowest BCUT2D eigenvalue weighted by Crippen LogP contribution is -2.28. The van der Waals surface area contributed by atoms with Crippen molar-refractivity contribution in [2.75, 3.05) is 13.6 Å². The van der Waals surface area contributed by atoms with Crippen molar-refractivity contribution in [3.63, 3.8) is 0 Å². The molecule has 1 atom stereocenters. The van der Waals surface area contributed by atoms with E-state index in [9.17, 15) is 5.11 Å². The summed E-state index contributed by atoms with van der Waals surface area (Å²) in [5.41, 5.74) is 1.17. The van der Waals surface area contributed by atoms with Gasteiger partial charge in [0.1, 0.15) is 0 Å². The highest BCUT2D eigenvalue weighted by atomic mass is 35.5. The van der Waals surface area contributed by atoms with Crippen LogP contribution < -0.4 is 0 Å². The first-order valence-corrected chi connectivity index (χ1v) is 5.60. The van der Waals surface area contributed by atoms with Gasteiger partial charge in [0, 0.05) is 18.1 Å². The van der Waals surface area contributed by atoms with Crippen LogP contribution >= 0.6 is 11.6 Å². The van der Waals surface area contributed by atoms with Crippen molar-refractivity contribution in [3.05, 3.63) is 34.9 Å². The van der Waals surface area contributed by atoms with Crippen LogP contribution in [0.15, 0.2) is 24.3 Å². The van der Waals surface area contributed by atoms with Crippen molar-refractivity contribution in [1.29, 1.82) is 0 Å². The van der Waals surface area contributed by atoms with E-state index in [1.54, 1.807) is 0 Å². The smallest absolute Gasteiger partial charge is 0.0664 e. The Morgan fingerprint density at radius 2 is 2.20 bits per heavy atom. The first-order valence-electron chi connectivity index (χ1n) is 5.23. The van der Waals surface area contributed by atoms with E-state index in [2.05, 4.69) is 4.90 Å². The highest BCUT2D eigenvalue weighted by molar-refractivity contribution is 6.30. The van der Waals surface area contributed by atoms with Crippen LogP contribution in [-0.4, -0.2) is 29.7 Å². The number of aliphatic hydroxyl groups excluding tert-OH is 1. The number of likely N-dealkylation sites (N-methyl/N-ethyl adjacent to an activating group) is 1. The van der Waals surface area contributed by atoms with E-state index in [4.69, 9.17) is 11.6 Å². The summed E-state index contributed by atoms with van der Waals surface area (Å²) in [6.07, 6.45) is 0.550. The topological polar surface area (TPSA) is 23.5 Å². The number of hydrogen-bond donors (Lipinski definition) is 1. The summed E-state index contributed by atoms with van der Waals surface area (Å²) in [5, 5.41) is 10.3. The molecule has 0 aliphatic heterocycles. The molecule has 0 saturated carbocycles. The minimum Gasteiger partial charge on any atom is -0.392 e. The van der Waals surface area contributed by atoms with E-state index in [0.717, 1.165) is 18.0 Å². The van der Waals surface area contributed by atoms with Gasteiger partial charge in [0.25, 0.3) is 0 Å². The molecule has 15 heavy (non-hydrogen) atoms. The largest absolute Gasteiger partial charge is 0.392 e. The fourth-order valence-electron chi connectivity index (χ4n) is 1.50. The quantitative estimate of drug-likeness (QED) is 0.836. The SMILES string of the molecule is CC[C@@H](O)CN(C)Cc1cccc(Cl)c1. The molecule has 0 radical (unpaired) electrons. The molecule has 0 aromatic heterocycles. The monoisotopic (exact) mass is 227 g/mol. The second kappa shape index (κ2) is 6.11. The van der Waals surface area contributed by atoms with E-state index >= 15 is 0 Å². The fraction of sp³-hybridized carbons (Fsp3) is 0.500. The predicted octanol–water partition coefficient (Wildman–Crippen LogP) is 2.54. The number of aliphatic hydroxyl groups is 1. The van der Waals surface area contributed by atoms with Crippen LogP contribution in [0, 0.1) is 0 Å². The molecule has 84 valence electrons. The summed E-state index contributed by atoms with van der Waals surface area (Å²) in [7, 11) is 2.00. The lowest BCUT2D eigenvalue weighted by Gasteiger charge is -2.19. The number of nitrogens with zero attached hydrogens (tertiary/aromatic N) is 1. The van der Waals surface area contributed by atoms with Crippen LogP contribution in [-0.2, 0) is 6.54 Å². The summed E-state index contributed by atoms with van der Waals surface area (Å²) >= 11 is 5.89. The van der Waals surface area contributed by atoms with Gasteiger partial charge in [0.2, 0.25) is 0 Å². The number of rotatable bonds is 5. The summed E-state index contributed by atoms with van der Waals surface area (Å²) in [5.74, 6) is 0. The Kier molecular flexibility index (Phi) is 5.09. The van der Waals surface area contributed by atoms with E-state index in [1.165, 1.54) is 5.56 Å². The summed E-state index contributed by atoms with van der Waals surface area (Å²) in [6.45, 7) is 3.50. The van der Waals surface area contributed by atoms with Gasteiger partial charge in [-0.2, -0.15) is 0 Å². The van der Waals surface area contributed by atoms with Crippen LogP contribution in [0.4, 0.5) is 0 Å². The Bertz CT molecular complexity index is 303.